The van der Waals surface area contributed by atoms with Gasteiger partial charge >= 0.3 is 36.2 Å². The first-order chi connectivity index (χ1) is 32.9. The zero-order valence-electron chi connectivity index (χ0n) is 39.0. The number of carbonyl (C=O) groups is 4. The summed E-state index contributed by atoms with van der Waals surface area (Å²) in [6, 6.07) is 21.1. The molecule has 0 N–H and O–H groups in total. The molecule has 0 aromatic heterocycles. The lowest BCUT2D eigenvalue weighted by molar-refractivity contribution is -0.288. The smallest absolute Gasteiger partial charge is 0.411 e. The third-order valence-electron chi connectivity index (χ3n) is 10.3. The number of hydrogen-bond donors (Lipinski definition) is 0. The van der Waals surface area contributed by atoms with Gasteiger partial charge in [-0.3, -0.25) is 9.59 Å². The van der Waals surface area contributed by atoms with Crippen LogP contribution in [0.25, 0.3) is 0 Å². The summed E-state index contributed by atoms with van der Waals surface area (Å²) in [5, 5.41) is 0. The van der Waals surface area contributed by atoms with Gasteiger partial charge in [0.25, 0.3) is 0 Å². The van der Waals surface area contributed by atoms with Crippen LogP contribution in [0, 0.1) is 6.92 Å². The molecule has 16 heteroatoms. The van der Waals surface area contributed by atoms with E-state index in [1.165, 1.54) is 11.6 Å². The van der Waals surface area contributed by atoms with E-state index < -0.39 is 46.8 Å². The van der Waals surface area contributed by atoms with Gasteiger partial charge in [0.15, 0.2) is 0 Å². The summed E-state index contributed by atoms with van der Waals surface area (Å²) in [6.07, 6.45) is -1.34. The molecule has 4 rings (SSSR count). The second kappa shape index (κ2) is 29.3. The SMILES string of the molecule is C=CC(=O)OCCCCCCOc1ccc(C)cc1.C=CC(=O)OCCCCCCOc1ccc(CCC(=O)Oc2ccc(C(c3ccc(OC(=O)CCC)cc3)(C(F)(F)F)C(F)(F)F)cc2)cc1. The average molecular weight is 971 g/mol. The maximum Gasteiger partial charge on any atom is 0.411 e. The van der Waals surface area contributed by atoms with Crippen molar-refractivity contribution in [2.75, 3.05) is 26.4 Å². The normalized spacial score (nSPS) is 11.3. The Morgan fingerprint density at radius 3 is 1.23 bits per heavy atom. The molecule has 0 atom stereocenters. The van der Waals surface area contributed by atoms with Crippen LogP contribution in [0.5, 0.6) is 23.0 Å². The number of ether oxygens (including phenoxy) is 6. The molecule has 10 nitrogen and oxygen atoms in total. The van der Waals surface area contributed by atoms with Crippen molar-refractivity contribution in [3.05, 3.63) is 145 Å². The van der Waals surface area contributed by atoms with Crippen molar-refractivity contribution in [3.8, 4) is 23.0 Å². The Morgan fingerprint density at radius 1 is 0.493 bits per heavy atom. The van der Waals surface area contributed by atoms with Crippen LogP contribution in [-0.2, 0) is 40.5 Å². The maximum absolute atomic E-state index is 14.5. The van der Waals surface area contributed by atoms with Crippen molar-refractivity contribution in [1.82, 2.24) is 0 Å². The molecule has 374 valence electrons. The van der Waals surface area contributed by atoms with Gasteiger partial charge in [0.05, 0.1) is 26.4 Å². The molecular formula is C53H60F6O10. The number of unbranched alkanes of at least 4 members (excludes halogenated alkanes) is 6. The summed E-state index contributed by atoms with van der Waals surface area (Å²) in [4.78, 5) is 46.0. The number of aryl methyl sites for hydroxylation is 2. The molecule has 0 amide bonds. The summed E-state index contributed by atoms with van der Waals surface area (Å²) in [6.45, 7) is 12.5. The zero-order valence-corrected chi connectivity index (χ0v) is 39.0. The second-order valence-corrected chi connectivity index (χ2v) is 15.7. The van der Waals surface area contributed by atoms with E-state index in [0.29, 0.717) is 56.3 Å². The van der Waals surface area contributed by atoms with Gasteiger partial charge in [-0.1, -0.05) is 74.2 Å². The fourth-order valence-corrected chi connectivity index (χ4v) is 6.69. The topological polar surface area (TPSA) is 124 Å². The molecular weight excluding hydrogens is 911 g/mol. The summed E-state index contributed by atoms with van der Waals surface area (Å²) in [7, 11) is 0. The maximum atomic E-state index is 14.5. The lowest BCUT2D eigenvalue weighted by Crippen LogP contribution is -2.54. The van der Waals surface area contributed by atoms with Crippen LogP contribution in [0.4, 0.5) is 26.3 Å². The van der Waals surface area contributed by atoms with E-state index in [1.54, 1.807) is 31.2 Å². The fraction of sp³-hybridized carbons (Fsp3) is 0.396. The number of halogens is 6. The van der Waals surface area contributed by atoms with E-state index in [9.17, 15) is 45.5 Å². The van der Waals surface area contributed by atoms with Crippen LogP contribution in [0.15, 0.2) is 122 Å². The van der Waals surface area contributed by atoms with E-state index in [-0.39, 0.29) is 36.7 Å². The quantitative estimate of drug-likeness (QED) is 0.0188. The monoisotopic (exact) mass is 970 g/mol. The molecule has 0 saturated heterocycles. The Bertz CT molecular complexity index is 2170. The van der Waals surface area contributed by atoms with Gasteiger partial charge in [0.2, 0.25) is 5.41 Å². The minimum absolute atomic E-state index is 0.0270. The number of carbonyl (C=O) groups excluding carboxylic acids is 4. The van der Waals surface area contributed by atoms with Gasteiger partial charge < -0.3 is 28.4 Å². The molecule has 0 unspecified atom stereocenters. The van der Waals surface area contributed by atoms with Crippen molar-refractivity contribution < 1.29 is 73.9 Å². The number of esters is 4. The van der Waals surface area contributed by atoms with Gasteiger partial charge in [-0.05, 0) is 136 Å². The van der Waals surface area contributed by atoms with Crippen LogP contribution in [0.2, 0.25) is 0 Å². The van der Waals surface area contributed by atoms with Crippen LogP contribution in [0.1, 0.15) is 99.8 Å². The lowest BCUT2D eigenvalue weighted by atomic mass is 9.73. The molecule has 4 aromatic rings. The number of hydrogen-bond acceptors (Lipinski definition) is 10. The van der Waals surface area contributed by atoms with Crippen molar-refractivity contribution in [1.29, 1.82) is 0 Å². The van der Waals surface area contributed by atoms with Crippen molar-refractivity contribution >= 4 is 23.9 Å². The van der Waals surface area contributed by atoms with E-state index in [4.69, 9.17) is 28.4 Å². The first-order valence-electron chi connectivity index (χ1n) is 22.7. The zero-order chi connectivity index (χ0) is 50.7. The molecule has 0 bridgehead atoms. The minimum atomic E-state index is -5.82. The highest BCUT2D eigenvalue weighted by molar-refractivity contribution is 5.81. The van der Waals surface area contributed by atoms with Gasteiger partial charge in [-0.25, -0.2) is 9.59 Å². The van der Waals surface area contributed by atoms with E-state index in [2.05, 4.69) is 20.1 Å². The van der Waals surface area contributed by atoms with Crippen molar-refractivity contribution in [2.45, 2.75) is 109 Å². The lowest BCUT2D eigenvalue weighted by Gasteiger charge is -2.38. The average Bonchev–Trinajstić information content (AvgIpc) is 3.31. The van der Waals surface area contributed by atoms with E-state index >= 15 is 0 Å². The van der Waals surface area contributed by atoms with Gasteiger partial charge in [0.1, 0.15) is 23.0 Å². The number of benzene rings is 4. The summed E-state index contributed by atoms with van der Waals surface area (Å²) < 4.78 is 118. The molecule has 0 aliphatic rings. The molecule has 0 saturated carbocycles. The molecule has 4 aromatic carbocycles. The molecule has 0 fully saturated rings. The Kier molecular flexibility index (Phi) is 24.1. The largest absolute Gasteiger partial charge is 0.494 e. The first kappa shape index (κ1) is 56.7. The summed E-state index contributed by atoms with van der Waals surface area (Å²) in [5.74, 6) is -1.05. The summed E-state index contributed by atoms with van der Waals surface area (Å²) in [5.41, 5.74) is -4.67. The highest BCUT2D eigenvalue weighted by atomic mass is 19.4. The predicted molar refractivity (Wildman–Crippen MR) is 248 cm³/mol. The van der Waals surface area contributed by atoms with Crippen LogP contribution >= 0.6 is 0 Å². The summed E-state index contributed by atoms with van der Waals surface area (Å²) >= 11 is 0. The Labute approximate surface area is 399 Å². The number of alkyl halides is 6. The Balaban J connectivity index is 0.000000553. The first-order valence-corrected chi connectivity index (χ1v) is 22.7. The fourth-order valence-electron chi connectivity index (χ4n) is 6.69. The van der Waals surface area contributed by atoms with Crippen LogP contribution in [-0.4, -0.2) is 62.7 Å². The highest BCUT2D eigenvalue weighted by Gasteiger charge is 2.72. The Morgan fingerprint density at radius 2 is 0.855 bits per heavy atom. The number of rotatable bonds is 27. The van der Waals surface area contributed by atoms with Crippen molar-refractivity contribution in [3.63, 3.8) is 0 Å². The van der Waals surface area contributed by atoms with E-state index in [1.807, 2.05) is 24.3 Å². The van der Waals surface area contributed by atoms with Gasteiger partial charge in [-0.15, -0.1) is 0 Å². The van der Waals surface area contributed by atoms with Crippen LogP contribution in [0.3, 0.4) is 0 Å². The predicted octanol–water partition coefficient (Wildman–Crippen LogP) is 12.7. The highest BCUT2D eigenvalue weighted by Crippen LogP contribution is 2.56. The van der Waals surface area contributed by atoms with Gasteiger partial charge in [-0.2, -0.15) is 26.3 Å². The van der Waals surface area contributed by atoms with E-state index in [0.717, 1.165) is 99.6 Å². The minimum Gasteiger partial charge on any atom is -0.494 e. The molecule has 69 heavy (non-hydrogen) atoms. The van der Waals surface area contributed by atoms with Gasteiger partial charge in [0, 0.05) is 25.0 Å². The third kappa shape index (κ3) is 19.5. The molecule has 0 aliphatic heterocycles. The Hall–Kier alpha value is -6.58. The molecule has 0 spiro atoms. The van der Waals surface area contributed by atoms with Crippen molar-refractivity contribution in [2.24, 2.45) is 0 Å². The standard InChI is InChI=1S/C37H38F6O7.C16H22O3/c1-3-9-33(45)49-30-19-13-27(14-20-30)35(36(38,39)40,37(41,42)43)28-15-21-31(22-16-28)50-34(46)23-12-26-10-17-29(18-11-26)47-24-7-5-6-8-25-48-32(44)4-2;1-3-16(17)19-13-7-5-4-6-12-18-15-10-8-14(2)9-11-15/h4,10-11,13-22H,2-3,5-9,12,23-25H2,1H3;3,8-11H,1,4-7,12-13H2,2H3. The molecule has 0 radical (unpaired) electrons. The molecule has 0 heterocycles. The second-order valence-electron chi connectivity index (χ2n) is 15.7. The third-order valence-corrected chi connectivity index (χ3v) is 10.3. The molecule has 0 aliphatic carbocycles. The van der Waals surface area contributed by atoms with Crippen LogP contribution < -0.4 is 18.9 Å².